The van der Waals surface area contributed by atoms with E-state index in [0.717, 1.165) is 18.5 Å². The normalized spacial score (nSPS) is 23.9. The number of nitrogens with zero attached hydrogens (tertiary/aromatic N) is 1. The van der Waals surface area contributed by atoms with Gasteiger partial charge in [-0.1, -0.05) is 0 Å². The number of anilines is 2. The smallest absolute Gasteiger partial charge is 0.152 e. The molecule has 6 heteroatoms. The van der Waals surface area contributed by atoms with Gasteiger partial charge in [0.15, 0.2) is 9.84 Å². The second kappa shape index (κ2) is 4.29. The topological polar surface area (TPSA) is 85.1 Å². The minimum Gasteiger partial charge on any atom is -0.384 e. The summed E-state index contributed by atoms with van der Waals surface area (Å²) in [5.74, 6) is 0.976. The fraction of sp³-hybridized carbons (Fsp3) is 0.500. The van der Waals surface area contributed by atoms with Crippen LogP contribution >= 0.6 is 0 Å². The molecule has 0 bridgehead atoms. The zero-order chi connectivity index (χ0) is 11.6. The SMILES string of the molecule is Nc1ccc(NC2CCCS(=O)(=O)C2)cn1. The van der Waals surface area contributed by atoms with Crippen molar-refractivity contribution in [3.8, 4) is 0 Å². The van der Waals surface area contributed by atoms with Crippen LogP contribution in [0.15, 0.2) is 18.3 Å². The zero-order valence-corrected chi connectivity index (χ0v) is 9.70. The van der Waals surface area contributed by atoms with Gasteiger partial charge in [0.25, 0.3) is 0 Å². The van der Waals surface area contributed by atoms with Crippen molar-refractivity contribution in [1.29, 1.82) is 0 Å². The van der Waals surface area contributed by atoms with Crippen molar-refractivity contribution in [3.05, 3.63) is 18.3 Å². The largest absolute Gasteiger partial charge is 0.384 e. The number of hydrogen-bond donors (Lipinski definition) is 2. The third kappa shape index (κ3) is 2.85. The van der Waals surface area contributed by atoms with Crippen LogP contribution in [0, 0.1) is 0 Å². The van der Waals surface area contributed by atoms with Crippen LogP contribution in [0.5, 0.6) is 0 Å². The molecule has 1 aromatic rings. The van der Waals surface area contributed by atoms with Crippen LogP contribution in [0.3, 0.4) is 0 Å². The molecule has 2 heterocycles. The summed E-state index contributed by atoms with van der Waals surface area (Å²) in [6, 6.07) is 3.49. The number of aromatic nitrogens is 1. The van der Waals surface area contributed by atoms with Gasteiger partial charge in [-0.15, -0.1) is 0 Å². The molecule has 1 unspecified atom stereocenters. The molecule has 0 amide bonds. The Morgan fingerprint density at radius 1 is 1.44 bits per heavy atom. The van der Waals surface area contributed by atoms with Crippen LogP contribution in [0.4, 0.5) is 11.5 Å². The van der Waals surface area contributed by atoms with Gasteiger partial charge in [-0.05, 0) is 25.0 Å². The van der Waals surface area contributed by atoms with E-state index in [-0.39, 0.29) is 11.8 Å². The Balaban J connectivity index is 2.02. The van der Waals surface area contributed by atoms with Gasteiger partial charge in [0.1, 0.15) is 5.82 Å². The Kier molecular flexibility index (Phi) is 3.00. The molecule has 5 nitrogen and oxygen atoms in total. The van der Waals surface area contributed by atoms with Gasteiger partial charge in [-0.2, -0.15) is 0 Å². The summed E-state index contributed by atoms with van der Waals surface area (Å²) in [5, 5.41) is 3.17. The van der Waals surface area contributed by atoms with Crippen molar-refractivity contribution in [2.75, 3.05) is 22.6 Å². The van der Waals surface area contributed by atoms with Gasteiger partial charge < -0.3 is 11.1 Å². The lowest BCUT2D eigenvalue weighted by Crippen LogP contribution is -2.34. The molecule has 0 spiro atoms. The highest BCUT2D eigenvalue weighted by Crippen LogP contribution is 2.17. The lowest BCUT2D eigenvalue weighted by Gasteiger charge is -2.23. The van der Waals surface area contributed by atoms with E-state index in [0.29, 0.717) is 11.6 Å². The zero-order valence-electron chi connectivity index (χ0n) is 8.89. The molecule has 0 radical (unpaired) electrons. The molecule has 3 N–H and O–H groups in total. The average molecular weight is 241 g/mol. The molecular formula is C10H15N3O2S. The summed E-state index contributed by atoms with van der Waals surface area (Å²) < 4.78 is 22.9. The predicted octanol–water partition coefficient (Wildman–Crippen LogP) is 0.653. The maximum absolute atomic E-state index is 11.4. The van der Waals surface area contributed by atoms with E-state index >= 15 is 0 Å². The first-order chi connectivity index (χ1) is 7.55. The standard InChI is InChI=1S/C10H15N3O2S/c11-10-4-3-8(6-12-10)13-9-2-1-5-16(14,15)7-9/h3-4,6,9,13H,1-2,5,7H2,(H2,11,12). The molecule has 1 aromatic heterocycles. The summed E-state index contributed by atoms with van der Waals surface area (Å²) in [6.45, 7) is 0. The number of nitrogens with two attached hydrogens (primary N) is 1. The lowest BCUT2D eigenvalue weighted by atomic mass is 10.2. The van der Waals surface area contributed by atoms with Gasteiger partial charge in [-0.3, -0.25) is 0 Å². The number of sulfone groups is 1. The Morgan fingerprint density at radius 3 is 2.88 bits per heavy atom. The summed E-state index contributed by atoms with van der Waals surface area (Å²) in [6.07, 6.45) is 3.22. The Labute approximate surface area is 95.0 Å². The monoisotopic (exact) mass is 241 g/mol. The molecule has 0 aliphatic carbocycles. The number of pyridine rings is 1. The van der Waals surface area contributed by atoms with E-state index in [1.54, 1.807) is 12.3 Å². The van der Waals surface area contributed by atoms with Gasteiger partial charge >= 0.3 is 0 Å². The molecule has 1 saturated heterocycles. The van der Waals surface area contributed by atoms with E-state index in [4.69, 9.17) is 5.73 Å². The quantitative estimate of drug-likeness (QED) is 0.794. The van der Waals surface area contributed by atoms with Crippen molar-refractivity contribution >= 4 is 21.3 Å². The van der Waals surface area contributed by atoms with E-state index in [2.05, 4.69) is 10.3 Å². The summed E-state index contributed by atoms with van der Waals surface area (Å²) in [4.78, 5) is 3.95. The van der Waals surface area contributed by atoms with Crippen molar-refractivity contribution in [1.82, 2.24) is 4.98 Å². The van der Waals surface area contributed by atoms with Gasteiger partial charge in [0.05, 0.1) is 23.4 Å². The maximum atomic E-state index is 11.4. The van der Waals surface area contributed by atoms with Gasteiger partial charge in [0, 0.05) is 6.04 Å². The minimum absolute atomic E-state index is 0.0100. The predicted molar refractivity (Wildman–Crippen MR) is 63.9 cm³/mol. The average Bonchev–Trinajstić information content (AvgIpc) is 2.20. The number of rotatable bonds is 2. The number of hydrogen-bond acceptors (Lipinski definition) is 5. The van der Waals surface area contributed by atoms with E-state index in [9.17, 15) is 8.42 Å². The van der Waals surface area contributed by atoms with Gasteiger partial charge in [0.2, 0.25) is 0 Å². The molecule has 16 heavy (non-hydrogen) atoms. The minimum atomic E-state index is -2.87. The van der Waals surface area contributed by atoms with Crippen LogP contribution in [-0.4, -0.2) is 30.9 Å². The fourth-order valence-electron chi connectivity index (χ4n) is 1.86. The molecule has 0 saturated carbocycles. The van der Waals surface area contributed by atoms with Crippen molar-refractivity contribution in [2.45, 2.75) is 18.9 Å². The first-order valence-corrected chi connectivity index (χ1v) is 7.06. The Bertz CT molecular complexity index is 455. The second-order valence-electron chi connectivity index (χ2n) is 4.07. The van der Waals surface area contributed by atoms with E-state index in [1.807, 2.05) is 6.07 Å². The van der Waals surface area contributed by atoms with Crippen LogP contribution in [0.25, 0.3) is 0 Å². The molecule has 2 rings (SSSR count). The lowest BCUT2D eigenvalue weighted by molar-refractivity contribution is 0.562. The van der Waals surface area contributed by atoms with E-state index in [1.165, 1.54) is 0 Å². The summed E-state index contributed by atoms with van der Waals surface area (Å²) in [7, 11) is -2.87. The van der Waals surface area contributed by atoms with Gasteiger partial charge in [-0.25, -0.2) is 13.4 Å². The van der Waals surface area contributed by atoms with Crippen LogP contribution in [0.1, 0.15) is 12.8 Å². The Morgan fingerprint density at radius 2 is 2.25 bits per heavy atom. The number of nitrogens with one attached hydrogen (secondary N) is 1. The molecule has 1 aliphatic heterocycles. The van der Waals surface area contributed by atoms with Crippen molar-refractivity contribution < 1.29 is 8.42 Å². The van der Waals surface area contributed by atoms with Crippen LogP contribution < -0.4 is 11.1 Å². The summed E-state index contributed by atoms with van der Waals surface area (Å²) in [5.41, 5.74) is 6.28. The molecule has 1 fully saturated rings. The summed E-state index contributed by atoms with van der Waals surface area (Å²) >= 11 is 0. The molecule has 1 aliphatic rings. The van der Waals surface area contributed by atoms with Crippen LogP contribution in [-0.2, 0) is 9.84 Å². The third-order valence-corrected chi connectivity index (χ3v) is 4.44. The first kappa shape index (κ1) is 11.2. The highest BCUT2D eigenvalue weighted by molar-refractivity contribution is 7.91. The third-order valence-electron chi connectivity index (χ3n) is 2.62. The van der Waals surface area contributed by atoms with E-state index < -0.39 is 9.84 Å². The molecule has 0 aromatic carbocycles. The number of nitrogen functional groups attached to an aromatic ring is 1. The van der Waals surface area contributed by atoms with Crippen molar-refractivity contribution in [2.24, 2.45) is 0 Å². The van der Waals surface area contributed by atoms with Crippen LogP contribution in [0.2, 0.25) is 0 Å². The first-order valence-electron chi connectivity index (χ1n) is 5.24. The molecule has 88 valence electrons. The highest BCUT2D eigenvalue weighted by Gasteiger charge is 2.24. The highest BCUT2D eigenvalue weighted by atomic mass is 32.2. The second-order valence-corrected chi connectivity index (χ2v) is 6.30. The fourth-order valence-corrected chi connectivity index (χ4v) is 3.50. The maximum Gasteiger partial charge on any atom is 0.152 e. The Hall–Kier alpha value is -1.30. The van der Waals surface area contributed by atoms with Crippen molar-refractivity contribution in [3.63, 3.8) is 0 Å². The molecular weight excluding hydrogens is 226 g/mol. The molecule has 1 atom stereocenters.